The van der Waals surface area contributed by atoms with Crippen molar-refractivity contribution in [2.45, 2.75) is 0 Å². The third kappa shape index (κ3) is 4.80. The molecule has 0 bridgehead atoms. The Hall–Kier alpha value is -3.42. The first-order chi connectivity index (χ1) is 11.6. The van der Waals surface area contributed by atoms with E-state index in [0.29, 0.717) is 16.9 Å². The van der Waals surface area contributed by atoms with Crippen molar-refractivity contribution >= 4 is 18.0 Å². The van der Waals surface area contributed by atoms with E-state index in [1.165, 1.54) is 25.6 Å². The highest BCUT2D eigenvalue weighted by atomic mass is 16.5. The third-order valence-corrected chi connectivity index (χ3v) is 2.94. The number of hydrazone groups is 1. The van der Waals surface area contributed by atoms with Crippen LogP contribution < -0.4 is 15.5 Å². The van der Waals surface area contributed by atoms with Crippen molar-refractivity contribution in [3.8, 4) is 11.5 Å². The van der Waals surface area contributed by atoms with Gasteiger partial charge in [0.25, 0.3) is 11.8 Å². The molecule has 0 atom stereocenters. The Labute approximate surface area is 138 Å². The molecule has 0 spiro atoms. The lowest BCUT2D eigenvalue weighted by molar-refractivity contribution is -0.120. The van der Waals surface area contributed by atoms with E-state index in [9.17, 15) is 14.7 Å². The minimum absolute atomic E-state index is 0.0109. The second-order valence-electron chi connectivity index (χ2n) is 4.65. The topological polar surface area (TPSA) is 113 Å². The molecule has 0 aliphatic carbocycles. The second kappa shape index (κ2) is 8.28. The van der Waals surface area contributed by atoms with E-state index in [-0.39, 0.29) is 12.3 Å². The smallest absolute Gasteiger partial charge is 0.259 e. The van der Waals surface area contributed by atoms with Crippen molar-refractivity contribution in [1.82, 2.24) is 15.7 Å². The molecule has 1 aromatic heterocycles. The number of nitrogens with zero attached hydrogens (tertiary/aromatic N) is 2. The van der Waals surface area contributed by atoms with Gasteiger partial charge in [-0.1, -0.05) is 0 Å². The molecule has 0 fully saturated rings. The van der Waals surface area contributed by atoms with E-state index in [0.717, 1.165) is 0 Å². The number of aromatic nitrogens is 1. The average molecular weight is 328 g/mol. The highest BCUT2D eigenvalue weighted by Gasteiger charge is 2.07. The zero-order valence-electron chi connectivity index (χ0n) is 12.9. The number of aromatic hydroxyl groups is 1. The van der Waals surface area contributed by atoms with Gasteiger partial charge in [-0.3, -0.25) is 14.6 Å². The van der Waals surface area contributed by atoms with Gasteiger partial charge in [-0.05, 0) is 35.9 Å². The van der Waals surface area contributed by atoms with Crippen LogP contribution in [0, 0.1) is 0 Å². The van der Waals surface area contributed by atoms with Crippen molar-refractivity contribution in [3.05, 3.63) is 53.9 Å². The first kappa shape index (κ1) is 16.9. The van der Waals surface area contributed by atoms with Gasteiger partial charge in [0.2, 0.25) is 0 Å². The van der Waals surface area contributed by atoms with Crippen LogP contribution in [0.15, 0.2) is 47.8 Å². The van der Waals surface area contributed by atoms with Gasteiger partial charge in [-0.2, -0.15) is 5.10 Å². The number of hydrogen-bond donors (Lipinski definition) is 3. The summed E-state index contributed by atoms with van der Waals surface area (Å²) in [6.45, 7) is -0.218. The molecule has 8 heteroatoms. The van der Waals surface area contributed by atoms with Crippen LogP contribution in [0.5, 0.6) is 11.5 Å². The van der Waals surface area contributed by atoms with E-state index in [2.05, 4.69) is 20.8 Å². The van der Waals surface area contributed by atoms with Crippen molar-refractivity contribution < 1.29 is 19.4 Å². The number of hydrogen-bond acceptors (Lipinski definition) is 6. The second-order valence-corrected chi connectivity index (χ2v) is 4.65. The van der Waals surface area contributed by atoms with Crippen LogP contribution in [0.25, 0.3) is 0 Å². The molecule has 0 saturated carbocycles. The molecule has 0 unspecified atom stereocenters. The number of carbonyl (C=O) groups is 2. The summed E-state index contributed by atoms with van der Waals surface area (Å²) in [7, 11) is 1.43. The van der Waals surface area contributed by atoms with Crippen LogP contribution in [0.4, 0.5) is 0 Å². The van der Waals surface area contributed by atoms with E-state index in [4.69, 9.17) is 4.74 Å². The first-order valence-electron chi connectivity index (χ1n) is 6.97. The van der Waals surface area contributed by atoms with Crippen molar-refractivity contribution in [2.75, 3.05) is 13.7 Å². The number of carbonyl (C=O) groups excluding carboxylic acids is 2. The van der Waals surface area contributed by atoms with Gasteiger partial charge in [0.1, 0.15) is 0 Å². The van der Waals surface area contributed by atoms with Crippen LogP contribution in [0.2, 0.25) is 0 Å². The highest BCUT2D eigenvalue weighted by molar-refractivity contribution is 5.96. The monoisotopic (exact) mass is 328 g/mol. The molecule has 3 N–H and O–H groups in total. The summed E-state index contributed by atoms with van der Waals surface area (Å²) in [5.74, 6) is -0.564. The number of phenols is 1. The zero-order chi connectivity index (χ0) is 17.4. The van der Waals surface area contributed by atoms with Gasteiger partial charge in [0.15, 0.2) is 11.5 Å². The van der Waals surface area contributed by atoms with Gasteiger partial charge in [0.05, 0.1) is 25.4 Å². The quantitative estimate of drug-likeness (QED) is 0.533. The van der Waals surface area contributed by atoms with Crippen LogP contribution >= 0.6 is 0 Å². The fraction of sp³-hybridized carbons (Fsp3) is 0.125. The van der Waals surface area contributed by atoms with Gasteiger partial charge >= 0.3 is 0 Å². The number of phenolic OH excluding ortho intramolecular Hbond substituents is 1. The van der Waals surface area contributed by atoms with Crippen molar-refractivity contribution in [3.63, 3.8) is 0 Å². The van der Waals surface area contributed by atoms with E-state index in [1.54, 1.807) is 30.5 Å². The number of rotatable bonds is 6. The summed E-state index contributed by atoms with van der Waals surface area (Å²) in [4.78, 5) is 27.2. The lowest BCUT2D eigenvalue weighted by Crippen LogP contribution is -2.34. The number of methoxy groups -OCH3 is 1. The predicted octanol–water partition coefficient (Wildman–Crippen LogP) is 0.676. The fourth-order valence-corrected chi connectivity index (χ4v) is 1.75. The van der Waals surface area contributed by atoms with Gasteiger partial charge in [-0.25, -0.2) is 5.43 Å². The minimum Gasteiger partial charge on any atom is -0.504 e. The summed E-state index contributed by atoms with van der Waals surface area (Å²) in [5, 5.41) is 15.7. The standard InChI is InChI=1S/C16H16N4O4/c1-24-14-7-11(4-5-13(14)21)8-19-20-15(22)10-18-16(23)12-3-2-6-17-9-12/h2-9,21H,10H2,1H3,(H,18,23)(H,20,22)/b19-8+. The maximum absolute atomic E-state index is 11.7. The van der Waals surface area contributed by atoms with Gasteiger partial charge in [0, 0.05) is 12.4 Å². The Morgan fingerprint density at radius 1 is 1.38 bits per heavy atom. The number of nitrogens with one attached hydrogen (secondary N) is 2. The molecule has 0 aliphatic rings. The van der Waals surface area contributed by atoms with Gasteiger partial charge in [-0.15, -0.1) is 0 Å². The highest BCUT2D eigenvalue weighted by Crippen LogP contribution is 2.25. The zero-order valence-corrected chi connectivity index (χ0v) is 12.9. The van der Waals surface area contributed by atoms with E-state index < -0.39 is 11.8 Å². The minimum atomic E-state index is -0.478. The molecule has 0 radical (unpaired) electrons. The molecule has 0 aliphatic heterocycles. The third-order valence-electron chi connectivity index (χ3n) is 2.94. The van der Waals surface area contributed by atoms with E-state index >= 15 is 0 Å². The molecule has 24 heavy (non-hydrogen) atoms. The molecule has 0 saturated heterocycles. The Balaban J connectivity index is 1.81. The maximum Gasteiger partial charge on any atom is 0.259 e. The van der Waals surface area contributed by atoms with E-state index in [1.807, 2.05) is 0 Å². The number of amides is 2. The molecule has 1 heterocycles. The lowest BCUT2D eigenvalue weighted by atomic mass is 10.2. The molecular weight excluding hydrogens is 312 g/mol. The van der Waals surface area contributed by atoms with Crippen LogP contribution in [0.3, 0.4) is 0 Å². The summed E-state index contributed by atoms with van der Waals surface area (Å²) in [6.07, 6.45) is 4.35. The summed E-state index contributed by atoms with van der Waals surface area (Å²) < 4.78 is 4.97. The number of pyridine rings is 1. The largest absolute Gasteiger partial charge is 0.504 e. The van der Waals surface area contributed by atoms with Gasteiger partial charge < -0.3 is 15.2 Å². The lowest BCUT2D eigenvalue weighted by Gasteiger charge is -2.04. The Bertz CT molecular complexity index is 747. The Kier molecular flexibility index (Phi) is 5.84. The number of benzene rings is 1. The predicted molar refractivity (Wildman–Crippen MR) is 87.0 cm³/mol. The maximum atomic E-state index is 11.7. The Morgan fingerprint density at radius 2 is 2.21 bits per heavy atom. The normalized spacial score (nSPS) is 10.4. The molecule has 2 rings (SSSR count). The summed E-state index contributed by atoms with van der Waals surface area (Å²) in [5.41, 5.74) is 3.28. The molecular formula is C16H16N4O4. The first-order valence-corrected chi connectivity index (χ1v) is 6.97. The van der Waals surface area contributed by atoms with Crippen LogP contribution in [-0.2, 0) is 4.79 Å². The molecule has 2 aromatic rings. The van der Waals surface area contributed by atoms with Crippen molar-refractivity contribution in [1.29, 1.82) is 0 Å². The molecule has 124 valence electrons. The SMILES string of the molecule is COc1cc(/C=N/NC(=O)CNC(=O)c2cccnc2)ccc1O. The van der Waals surface area contributed by atoms with Crippen molar-refractivity contribution in [2.24, 2.45) is 5.10 Å². The summed E-state index contributed by atoms with van der Waals surface area (Å²) in [6, 6.07) is 7.85. The Morgan fingerprint density at radius 3 is 2.92 bits per heavy atom. The van der Waals surface area contributed by atoms with Crippen LogP contribution in [-0.4, -0.2) is 41.8 Å². The molecule has 1 aromatic carbocycles. The average Bonchev–Trinajstić information content (AvgIpc) is 2.61. The number of ether oxygens (including phenoxy) is 1. The fourth-order valence-electron chi connectivity index (χ4n) is 1.75. The van der Waals surface area contributed by atoms with Crippen LogP contribution in [0.1, 0.15) is 15.9 Å². The molecule has 8 nitrogen and oxygen atoms in total. The molecule has 2 amide bonds. The summed E-state index contributed by atoms with van der Waals surface area (Å²) >= 11 is 0.